The van der Waals surface area contributed by atoms with Crippen LogP contribution in [0.4, 0.5) is 18.0 Å². The van der Waals surface area contributed by atoms with E-state index < -0.39 is 47.0 Å². The molecule has 0 spiro atoms. The van der Waals surface area contributed by atoms with Crippen LogP contribution < -0.4 is 4.74 Å². The second kappa shape index (κ2) is 10.1. The van der Waals surface area contributed by atoms with Crippen molar-refractivity contribution in [2.45, 2.75) is 76.4 Å². The van der Waals surface area contributed by atoms with Crippen LogP contribution in [0.25, 0.3) is 0 Å². The Bertz CT molecular complexity index is 917. The molecular weight excluding hydrogens is 469 g/mol. The first-order valence-electron chi connectivity index (χ1n) is 11.8. The predicted molar refractivity (Wildman–Crippen MR) is 120 cm³/mol. The highest BCUT2D eigenvalue weighted by Gasteiger charge is 2.47. The van der Waals surface area contributed by atoms with Gasteiger partial charge >= 0.3 is 12.5 Å². The number of carbonyl (C=O) groups is 2. The number of piperazine rings is 1. The third-order valence-corrected chi connectivity index (χ3v) is 6.28. The van der Waals surface area contributed by atoms with Crippen molar-refractivity contribution in [1.29, 1.82) is 0 Å². The van der Waals surface area contributed by atoms with E-state index >= 15 is 0 Å². The summed E-state index contributed by atoms with van der Waals surface area (Å²) in [6, 6.07) is 3.17. The number of carbonyl (C=O) groups excluding carboxylic acids is 2. The molecule has 1 atom stereocenters. The van der Waals surface area contributed by atoms with Crippen molar-refractivity contribution in [3.63, 3.8) is 0 Å². The third-order valence-electron chi connectivity index (χ3n) is 6.28. The molecule has 1 saturated carbocycles. The number of halogens is 3. The first-order chi connectivity index (χ1) is 16.2. The van der Waals surface area contributed by atoms with E-state index in [0.29, 0.717) is 12.8 Å². The summed E-state index contributed by atoms with van der Waals surface area (Å²) in [5.74, 6) is -3.05. The highest BCUT2D eigenvalue weighted by Crippen LogP contribution is 2.45. The van der Waals surface area contributed by atoms with Gasteiger partial charge in [0.05, 0.1) is 11.5 Å². The zero-order valence-electron chi connectivity index (χ0n) is 20.2. The van der Waals surface area contributed by atoms with Crippen molar-refractivity contribution in [2.75, 3.05) is 26.2 Å². The lowest BCUT2D eigenvalue weighted by atomic mass is 9.72. The zero-order chi connectivity index (χ0) is 26.0. The minimum absolute atomic E-state index is 0.135. The lowest BCUT2D eigenvalue weighted by molar-refractivity contribution is -0.275. The Kier molecular flexibility index (Phi) is 7.78. The summed E-state index contributed by atoms with van der Waals surface area (Å²) in [6.45, 7) is 5.90. The number of alkyl halides is 3. The molecule has 0 radical (unpaired) electrons. The number of benzene rings is 1. The molecular formula is C24H33F3N2O6. The molecule has 2 N–H and O–H groups in total. The van der Waals surface area contributed by atoms with Gasteiger partial charge in [0.25, 0.3) is 0 Å². The van der Waals surface area contributed by atoms with E-state index in [1.165, 1.54) is 21.9 Å². The molecule has 2 fully saturated rings. The smallest absolute Gasteiger partial charge is 0.508 e. The van der Waals surface area contributed by atoms with Gasteiger partial charge < -0.3 is 29.5 Å². The second-order valence-corrected chi connectivity index (χ2v) is 10.2. The molecule has 1 unspecified atom stereocenters. The normalized spacial score (nSPS) is 19.7. The van der Waals surface area contributed by atoms with Gasteiger partial charge in [-0.1, -0.05) is 25.3 Å². The summed E-state index contributed by atoms with van der Waals surface area (Å²) in [5, 5.41) is 21.3. The minimum Gasteiger partial charge on any atom is -0.508 e. The van der Waals surface area contributed by atoms with Crippen LogP contribution in [-0.4, -0.2) is 75.8 Å². The number of rotatable bonds is 4. The van der Waals surface area contributed by atoms with Gasteiger partial charge in [0.1, 0.15) is 17.1 Å². The maximum absolute atomic E-state index is 13.7. The lowest BCUT2D eigenvalue weighted by Crippen LogP contribution is -2.55. The van der Waals surface area contributed by atoms with Crippen molar-refractivity contribution >= 4 is 12.0 Å². The maximum Gasteiger partial charge on any atom is 0.573 e. The Balaban J connectivity index is 1.89. The quantitative estimate of drug-likeness (QED) is 0.642. The lowest BCUT2D eigenvalue weighted by Gasteiger charge is -2.43. The fourth-order valence-electron chi connectivity index (χ4n) is 4.70. The van der Waals surface area contributed by atoms with E-state index in [0.717, 1.165) is 12.5 Å². The van der Waals surface area contributed by atoms with Gasteiger partial charge in [0.2, 0.25) is 5.91 Å². The number of aromatic hydroxyl groups is 1. The van der Waals surface area contributed by atoms with Crippen LogP contribution in [0.5, 0.6) is 11.5 Å². The fourth-order valence-corrected chi connectivity index (χ4v) is 4.70. The van der Waals surface area contributed by atoms with E-state index in [2.05, 4.69) is 4.74 Å². The molecule has 1 aliphatic heterocycles. The van der Waals surface area contributed by atoms with Crippen LogP contribution in [0.3, 0.4) is 0 Å². The van der Waals surface area contributed by atoms with E-state index in [4.69, 9.17) is 4.74 Å². The second-order valence-electron chi connectivity index (χ2n) is 10.2. The maximum atomic E-state index is 13.7. The summed E-state index contributed by atoms with van der Waals surface area (Å²) in [6.07, 6.45) is -2.97. The predicted octanol–water partition coefficient (Wildman–Crippen LogP) is 4.15. The van der Waals surface area contributed by atoms with E-state index in [-0.39, 0.29) is 44.6 Å². The summed E-state index contributed by atoms with van der Waals surface area (Å²) in [5.41, 5.74) is -2.38. The molecule has 2 aliphatic rings. The van der Waals surface area contributed by atoms with Crippen molar-refractivity contribution in [2.24, 2.45) is 0 Å². The first kappa shape index (κ1) is 26.9. The number of nitrogens with zero attached hydrogens (tertiary/aromatic N) is 2. The van der Waals surface area contributed by atoms with Crippen molar-refractivity contribution in [3.8, 4) is 11.5 Å². The van der Waals surface area contributed by atoms with Crippen LogP contribution in [0.15, 0.2) is 18.2 Å². The Morgan fingerprint density at radius 3 is 2.11 bits per heavy atom. The monoisotopic (exact) mass is 502 g/mol. The van der Waals surface area contributed by atoms with E-state index in [9.17, 15) is 33.0 Å². The van der Waals surface area contributed by atoms with Crippen molar-refractivity contribution < 1.29 is 42.4 Å². The number of amides is 2. The van der Waals surface area contributed by atoms with Crippen LogP contribution in [0.1, 0.15) is 64.4 Å². The van der Waals surface area contributed by atoms with Gasteiger partial charge in [-0.3, -0.25) is 4.79 Å². The molecule has 196 valence electrons. The minimum atomic E-state index is -5.05. The van der Waals surface area contributed by atoms with Crippen molar-refractivity contribution in [1.82, 2.24) is 9.80 Å². The molecule has 1 aromatic carbocycles. The Morgan fingerprint density at radius 1 is 1.00 bits per heavy atom. The molecule has 3 rings (SSSR count). The molecule has 1 heterocycles. The Hall–Kier alpha value is -2.69. The summed E-state index contributed by atoms with van der Waals surface area (Å²) in [4.78, 5) is 29.0. The van der Waals surface area contributed by atoms with E-state index in [1.54, 1.807) is 20.8 Å². The zero-order valence-corrected chi connectivity index (χ0v) is 20.2. The van der Waals surface area contributed by atoms with Gasteiger partial charge in [-0.15, -0.1) is 13.2 Å². The van der Waals surface area contributed by atoms with Gasteiger partial charge in [-0.05, 0) is 39.7 Å². The standard InChI is InChI=1S/C24H33F3N2O6/c1-22(2,3)35-21(32)29-13-11-28(12-14-29)20(31)19(23(33)9-5-4-6-10-23)17-8-7-16(30)15-18(17)34-24(25,26)27/h7-8,15,19,30,33H,4-6,9-14H2,1-3H3. The van der Waals surface area contributed by atoms with Crippen LogP contribution in [-0.2, 0) is 9.53 Å². The summed E-state index contributed by atoms with van der Waals surface area (Å²) in [7, 11) is 0. The van der Waals surface area contributed by atoms with Gasteiger partial charge in [-0.2, -0.15) is 0 Å². The largest absolute Gasteiger partial charge is 0.573 e. The highest BCUT2D eigenvalue weighted by atomic mass is 19.4. The molecule has 1 aromatic rings. The van der Waals surface area contributed by atoms with Crippen molar-refractivity contribution in [3.05, 3.63) is 23.8 Å². The molecule has 2 amide bonds. The Labute approximate surface area is 202 Å². The third kappa shape index (κ3) is 6.93. The first-order valence-corrected chi connectivity index (χ1v) is 11.8. The highest BCUT2D eigenvalue weighted by molar-refractivity contribution is 5.86. The van der Waals surface area contributed by atoms with Gasteiger partial charge in [-0.25, -0.2) is 4.79 Å². The SMILES string of the molecule is CC(C)(C)OC(=O)N1CCN(C(=O)C(c2ccc(O)cc2OC(F)(F)F)C2(O)CCCCC2)CC1. The average Bonchev–Trinajstić information content (AvgIpc) is 2.73. The topological polar surface area (TPSA) is 99.5 Å². The van der Waals surface area contributed by atoms with Gasteiger partial charge in [0.15, 0.2) is 0 Å². The van der Waals surface area contributed by atoms with Crippen LogP contribution in [0, 0.1) is 0 Å². The number of hydrogen-bond acceptors (Lipinski definition) is 6. The molecule has 0 aromatic heterocycles. The summed E-state index contributed by atoms with van der Waals surface area (Å²) >= 11 is 0. The van der Waals surface area contributed by atoms with E-state index in [1.807, 2.05) is 0 Å². The van der Waals surface area contributed by atoms with Crippen LogP contribution in [0.2, 0.25) is 0 Å². The number of aliphatic hydroxyl groups is 1. The van der Waals surface area contributed by atoms with Crippen LogP contribution >= 0.6 is 0 Å². The number of phenolic OH excluding ortho intramolecular Hbond substituents is 1. The average molecular weight is 503 g/mol. The number of phenols is 1. The molecule has 35 heavy (non-hydrogen) atoms. The molecule has 1 saturated heterocycles. The summed E-state index contributed by atoms with van der Waals surface area (Å²) < 4.78 is 48.9. The number of hydrogen-bond donors (Lipinski definition) is 2. The molecule has 1 aliphatic carbocycles. The number of ether oxygens (including phenoxy) is 2. The fraction of sp³-hybridized carbons (Fsp3) is 0.667. The molecule has 8 nitrogen and oxygen atoms in total. The van der Waals surface area contributed by atoms with Gasteiger partial charge in [0, 0.05) is 37.8 Å². The molecule has 11 heteroatoms. The Morgan fingerprint density at radius 2 is 1.57 bits per heavy atom. The molecule has 0 bridgehead atoms.